The highest BCUT2D eigenvalue weighted by atomic mass is 16.5. The van der Waals surface area contributed by atoms with Gasteiger partial charge in [0.25, 0.3) is 0 Å². The molecule has 1 unspecified atom stereocenters. The molecule has 0 aromatic heterocycles. The van der Waals surface area contributed by atoms with Gasteiger partial charge in [-0.1, -0.05) is 20.8 Å². The summed E-state index contributed by atoms with van der Waals surface area (Å²) >= 11 is 0. The predicted octanol–water partition coefficient (Wildman–Crippen LogP) is 1.38. The minimum atomic E-state index is -0.797. The van der Waals surface area contributed by atoms with Crippen molar-refractivity contribution in [2.75, 3.05) is 32.8 Å². The lowest BCUT2D eigenvalue weighted by Gasteiger charge is -2.42. The van der Waals surface area contributed by atoms with Crippen LogP contribution in [0.25, 0.3) is 0 Å². The molecule has 138 valence electrons. The van der Waals surface area contributed by atoms with Crippen LogP contribution in [0.5, 0.6) is 0 Å². The van der Waals surface area contributed by atoms with Gasteiger partial charge in [0.05, 0.1) is 12.6 Å². The third kappa shape index (κ3) is 5.34. The quantitative estimate of drug-likeness (QED) is 0.697. The van der Waals surface area contributed by atoms with Crippen LogP contribution >= 0.6 is 0 Å². The number of hydrogen-bond acceptors (Lipinski definition) is 4. The fourth-order valence-electron chi connectivity index (χ4n) is 3.32. The van der Waals surface area contributed by atoms with Gasteiger partial charge in [-0.05, 0) is 31.7 Å². The number of likely N-dealkylation sites (N-methyl/N-ethyl adjacent to an activating group) is 1. The number of hydrogen-bond donors (Lipinski definition) is 2. The van der Waals surface area contributed by atoms with Crippen LogP contribution in [0.1, 0.15) is 40.0 Å². The SMILES string of the molecule is CCN(CC(=O)O)C1CC(NC(=O)N2CCC(OCC(C)C)C2)C1. The molecule has 1 saturated carbocycles. The molecule has 0 radical (unpaired) electrons. The topological polar surface area (TPSA) is 82.1 Å². The van der Waals surface area contributed by atoms with Crippen LogP contribution in [-0.2, 0) is 9.53 Å². The summed E-state index contributed by atoms with van der Waals surface area (Å²) in [6, 6.07) is 0.397. The van der Waals surface area contributed by atoms with E-state index in [1.165, 1.54) is 0 Å². The average Bonchev–Trinajstić information content (AvgIpc) is 2.95. The van der Waals surface area contributed by atoms with Crippen molar-refractivity contribution in [2.45, 2.75) is 58.2 Å². The Morgan fingerprint density at radius 1 is 1.38 bits per heavy atom. The van der Waals surface area contributed by atoms with E-state index in [4.69, 9.17) is 9.84 Å². The Morgan fingerprint density at radius 2 is 2.08 bits per heavy atom. The maximum absolute atomic E-state index is 12.3. The van der Waals surface area contributed by atoms with Crippen molar-refractivity contribution in [3.05, 3.63) is 0 Å². The van der Waals surface area contributed by atoms with Crippen molar-refractivity contribution in [3.63, 3.8) is 0 Å². The van der Waals surface area contributed by atoms with Crippen LogP contribution in [0, 0.1) is 5.92 Å². The highest BCUT2D eigenvalue weighted by Gasteiger charge is 2.36. The molecule has 2 fully saturated rings. The zero-order chi connectivity index (χ0) is 17.7. The molecule has 0 spiro atoms. The summed E-state index contributed by atoms with van der Waals surface area (Å²) in [6.45, 7) is 9.14. The first-order valence-electron chi connectivity index (χ1n) is 9.01. The van der Waals surface area contributed by atoms with Gasteiger partial charge in [-0.15, -0.1) is 0 Å². The molecular formula is C17H31N3O4. The zero-order valence-electron chi connectivity index (χ0n) is 15.0. The van der Waals surface area contributed by atoms with Crippen molar-refractivity contribution in [1.82, 2.24) is 15.1 Å². The number of carbonyl (C=O) groups excluding carboxylic acids is 1. The number of aliphatic carboxylic acids is 1. The van der Waals surface area contributed by atoms with Crippen LogP contribution < -0.4 is 5.32 Å². The van der Waals surface area contributed by atoms with Crippen molar-refractivity contribution in [2.24, 2.45) is 5.92 Å². The van der Waals surface area contributed by atoms with E-state index in [9.17, 15) is 9.59 Å². The predicted molar refractivity (Wildman–Crippen MR) is 91.0 cm³/mol. The number of likely N-dealkylation sites (tertiary alicyclic amines) is 1. The molecule has 24 heavy (non-hydrogen) atoms. The van der Waals surface area contributed by atoms with Gasteiger partial charge >= 0.3 is 12.0 Å². The Balaban J connectivity index is 1.67. The lowest BCUT2D eigenvalue weighted by Crippen LogP contribution is -2.56. The fourth-order valence-corrected chi connectivity index (χ4v) is 3.32. The Hall–Kier alpha value is -1.34. The lowest BCUT2D eigenvalue weighted by atomic mass is 9.85. The first kappa shape index (κ1) is 19.0. The minimum absolute atomic E-state index is 0.0182. The lowest BCUT2D eigenvalue weighted by molar-refractivity contribution is -0.139. The van der Waals surface area contributed by atoms with Gasteiger partial charge in [0.1, 0.15) is 0 Å². The smallest absolute Gasteiger partial charge is 0.317 e. The number of carboxylic acids is 1. The summed E-state index contributed by atoms with van der Waals surface area (Å²) in [4.78, 5) is 26.9. The van der Waals surface area contributed by atoms with Crippen LogP contribution in [0.3, 0.4) is 0 Å². The highest BCUT2D eigenvalue weighted by Crippen LogP contribution is 2.26. The number of rotatable bonds is 8. The van der Waals surface area contributed by atoms with Crippen molar-refractivity contribution >= 4 is 12.0 Å². The van der Waals surface area contributed by atoms with Gasteiger partial charge in [-0.25, -0.2) is 4.79 Å². The maximum atomic E-state index is 12.3. The van der Waals surface area contributed by atoms with Crippen LogP contribution in [0.2, 0.25) is 0 Å². The van der Waals surface area contributed by atoms with E-state index < -0.39 is 5.97 Å². The van der Waals surface area contributed by atoms with E-state index >= 15 is 0 Å². The van der Waals surface area contributed by atoms with Gasteiger partial charge in [-0.2, -0.15) is 0 Å². The first-order valence-corrected chi connectivity index (χ1v) is 9.01. The second kappa shape index (κ2) is 8.67. The van der Waals surface area contributed by atoms with Crippen LogP contribution in [-0.4, -0.2) is 77.9 Å². The highest BCUT2D eigenvalue weighted by molar-refractivity contribution is 5.75. The molecule has 0 aromatic carbocycles. The van der Waals surface area contributed by atoms with Crippen molar-refractivity contribution < 1.29 is 19.4 Å². The number of carbonyl (C=O) groups is 2. The van der Waals surface area contributed by atoms with E-state index in [-0.39, 0.29) is 30.8 Å². The van der Waals surface area contributed by atoms with Gasteiger partial charge in [0.2, 0.25) is 0 Å². The van der Waals surface area contributed by atoms with E-state index in [1.807, 2.05) is 16.7 Å². The summed E-state index contributed by atoms with van der Waals surface area (Å²) in [6.07, 6.45) is 2.70. The average molecular weight is 341 g/mol. The Morgan fingerprint density at radius 3 is 2.67 bits per heavy atom. The van der Waals surface area contributed by atoms with Gasteiger partial charge in [-0.3, -0.25) is 9.69 Å². The summed E-state index contributed by atoms with van der Waals surface area (Å²) in [7, 11) is 0. The Bertz CT molecular complexity index is 438. The van der Waals surface area contributed by atoms with E-state index in [0.29, 0.717) is 12.5 Å². The molecule has 2 amide bonds. The van der Waals surface area contributed by atoms with Crippen LogP contribution in [0.4, 0.5) is 4.79 Å². The number of ether oxygens (including phenoxy) is 1. The van der Waals surface area contributed by atoms with Crippen molar-refractivity contribution in [1.29, 1.82) is 0 Å². The number of nitrogens with zero attached hydrogens (tertiary/aromatic N) is 2. The third-order valence-corrected chi connectivity index (χ3v) is 4.80. The summed E-state index contributed by atoms with van der Waals surface area (Å²) in [5.74, 6) is -0.291. The zero-order valence-corrected chi connectivity index (χ0v) is 15.0. The van der Waals surface area contributed by atoms with Crippen LogP contribution in [0.15, 0.2) is 0 Å². The molecule has 2 aliphatic rings. The molecular weight excluding hydrogens is 310 g/mol. The molecule has 7 heteroatoms. The molecule has 1 aliphatic carbocycles. The molecule has 1 saturated heterocycles. The molecule has 2 N–H and O–H groups in total. The van der Waals surface area contributed by atoms with Gasteiger partial charge in [0.15, 0.2) is 0 Å². The number of nitrogens with one attached hydrogen (secondary N) is 1. The largest absolute Gasteiger partial charge is 0.480 e. The molecule has 1 aliphatic heterocycles. The van der Waals surface area contributed by atoms with Crippen molar-refractivity contribution in [3.8, 4) is 0 Å². The molecule has 1 heterocycles. The third-order valence-electron chi connectivity index (χ3n) is 4.80. The van der Waals surface area contributed by atoms with Gasteiger partial charge < -0.3 is 20.1 Å². The summed E-state index contributed by atoms with van der Waals surface area (Å²) in [5.41, 5.74) is 0. The molecule has 0 bridgehead atoms. The molecule has 1 atom stereocenters. The molecule has 0 aromatic rings. The van der Waals surface area contributed by atoms with E-state index in [2.05, 4.69) is 19.2 Å². The Kier molecular flexibility index (Phi) is 6.86. The number of urea groups is 1. The first-order chi connectivity index (χ1) is 11.4. The minimum Gasteiger partial charge on any atom is -0.480 e. The molecule has 7 nitrogen and oxygen atoms in total. The normalized spacial score (nSPS) is 26.7. The fraction of sp³-hybridized carbons (Fsp3) is 0.882. The molecule has 2 rings (SSSR count). The maximum Gasteiger partial charge on any atom is 0.317 e. The summed E-state index contributed by atoms with van der Waals surface area (Å²) in [5, 5.41) is 12.0. The number of amides is 2. The van der Waals surface area contributed by atoms with E-state index in [0.717, 1.165) is 39.0 Å². The monoisotopic (exact) mass is 341 g/mol. The second-order valence-corrected chi connectivity index (χ2v) is 7.31. The van der Waals surface area contributed by atoms with E-state index in [1.54, 1.807) is 0 Å². The number of carboxylic acid groups (broad SMARTS) is 1. The second-order valence-electron chi connectivity index (χ2n) is 7.31. The standard InChI is InChI=1S/C17H31N3O4/c1-4-19(10-16(21)22)14-7-13(8-14)18-17(23)20-6-5-15(9-20)24-11-12(2)3/h12-15H,4-11H2,1-3H3,(H,18,23)(H,21,22). The Labute approximate surface area is 144 Å². The summed E-state index contributed by atoms with van der Waals surface area (Å²) < 4.78 is 5.81. The van der Waals surface area contributed by atoms with Gasteiger partial charge in [0, 0.05) is 31.8 Å².